The van der Waals surface area contributed by atoms with Crippen LogP contribution in [0.1, 0.15) is 17.0 Å². The Labute approximate surface area is 104 Å². The summed E-state index contributed by atoms with van der Waals surface area (Å²) < 4.78 is 19.7. The van der Waals surface area contributed by atoms with Crippen molar-refractivity contribution in [2.24, 2.45) is 0 Å². The number of nitrogens with one attached hydrogen (secondary N) is 1. The maximum absolute atomic E-state index is 14.1. The maximum atomic E-state index is 14.1. The minimum Gasteiger partial charge on any atom is -0.372 e. The number of fused-ring (bicyclic) bond motifs is 3. The minimum atomic E-state index is -0.501. The number of hydrogen-bond acceptors (Lipinski definition) is 3. The molecule has 6 heteroatoms. The number of benzene rings is 1. The van der Waals surface area contributed by atoms with Crippen molar-refractivity contribution in [2.75, 3.05) is 0 Å². The van der Waals surface area contributed by atoms with Crippen LogP contribution in [0.2, 0.25) is 0 Å². The van der Waals surface area contributed by atoms with Crippen LogP contribution < -0.4 is 5.56 Å². The molecule has 4 nitrogen and oxygen atoms in total. The van der Waals surface area contributed by atoms with Crippen LogP contribution in [0, 0.1) is 12.7 Å². The molecule has 0 fully saturated rings. The van der Waals surface area contributed by atoms with Crippen LogP contribution in [-0.4, -0.2) is 9.97 Å². The molecular formula is C11H8BrFN2O2. The number of rotatable bonds is 0. The predicted molar refractivity (Wildman–Crippen MR) is 63.3 cm³/mol. The van der Waals surface area contributed by atoms with Crippen LogP contribution in [0.15, 0.2) is 9.27 Å². The van der Waals surface area contributed by atoms with Gasteiger partial charge in [0.2, 0.25) is 0 Å². The minimum absolute atomic E-state index is 0.0994. The van der Waals surface area contributed by atoms with Gasteiger partial charge in [0.25, 0.3) is 5.56 Å². The second-order valence-corrected chi connectivity index (χ2v) is 4.75. The highest BCUT2D eigenvalue weighted by atomic mass is 79.9. The smallest absolute Gasteiger partial charge is 0.259 e. The molecule has 1 aromatic carbocycles. The van der Waals surface area contributed by atoms with Gasteiger partial charge in [0, 0.05) is 5.56 Å². The predicted octanol–water partition coefficient (Wildman–Crippen LogP) is 2.16. The zero-order valence-corrected chi connectivity index (χ0v) is 10.5. The molecule has 0 bridgehead atoms. The zero-order chi connectivity index (χ0) is 12.2. The van der Waals surface area contributed by atoms with E-state index in [1.165, 1.54) is 0 Å². The quantitative estimate of drug-likeness (QED) is 0.811. The van der Waals surface area contributed by atoms with Crippen LogP contribution in [0.25, 0.3) is 10.9 Å². The van der Waals surface area contributed by atoms with Gasteiger partial charge in [0.05, 0.1) is 23.1 Å². The summed E-state index contributed by atoms with van der Waals surface area (Å²) in [5, 5.41) is 0.295. The number of halogens is 2. The summed E-state index contributed by atoms with van der Waals surface area (Å²) in [6.45, 7) is 2.26. The largest absolute Gasteiger partial charge is 0.372 e. The molecule has 0 unspecified atom stereocenters. The van der Waals surface area contributed by atoms with E-state index in [1.807, 2.05) is 0 Å². The molecule has 17 heavy (non-hydrogen) atoms. The summed E-state index contributed by atoms with van der Waals surface area (Å²) in [7, 11) is 0. The maximum Gasteiger partial charge on any atom is 0.259 e. The lowest BCUT2D eigenvalue weighted by Crippen LogP contribution is -2.13. The second-order valence-electron chi connectivity index (χ2n) is 3.95. The van der Waals surface area contributed by atoms with E-state index in [9.17, 15) is 9.18 Å². The Hall–Kier alpha value is -1.27. The van der Waals surface area contributed by atoms with Gasteiger partial charge in [-0.1, -0.05) is 0 Å². The number of ether oxygens (including phenoxy) is 1. The van der Waals surface area contributed by atoms with Gasteiger partial charge in [-0.2, -0.15) is 0 Å². The lowest BCUT2D eigenvalue weighted by molar-refractivity contribution is 0.134. The van der Waals surface area contributed by atoms with Crippen molar-refractivity contribution < 1.29 is 9.13 Å². The SMILES string of the molecule is Cc1nc2c(F)c(Br)c3c(c2c(=O)[nH]1)COC3. The summed E-state index contributed by atoms with van der Waals surface area (Å²) in [5.74, 6) is -0.106. The van der Waals surface area contributed by atoms with Gasteiger partial charge < -0.3 is 9.72 Å². The Kier molecular flexibility index (Phi) is 2.31. The van der Waals surface area contributed by atoms with Crippen molar-refractivity contribution in [3.8, 4) is 0 Å². The average molecular weight is 299 g/mol. The summed E-state index contributed by atoms with van der Waals surface area (Å²) in [5.41, 5.74) is 1.20. The number of nitrogens with zero attached hydrogens (tertiary/aromatic N) is 1. The third-order valence-electron chi connectivity index (χ3n) is 2.86. The molecule has 1 aromatic heterocycles. The van der Waals surface area contributed by atoms with Crippen molar-refractivity contribution in [1.29, 1.82) is 0 Å². The van der Waals surface area contributed by atoms with Gasteiger partial charge in [-0.3, -0.25) is 4.79 Å². The van der Waals surface area contributed by atoms with Gasteiger partial charge in [-0.25, -0.2) is 9.37 Å². The second kappa shape index (κ2) is 3.61. The summed E-state index contributed by atoms with van der Waals surface area (Å²) in [6.07, 6.45) is 0. The number of aromatic amines is 1. The number of aromatic nitrogens is 2. The van der Waals surface area contributed by atoms with Gasteiger partial charge in [-0.05, 0) is 28.4 Å². The standard InChI is InChI=1S/C11H8BrFN2O2/c1-4-14-10-7(11(16)15-4)5-2-17-3-6(5)8(12)9(10)13/h2-3H2,1H3,(H,14,15,16). The molecule has 1 aliphatic heterocycles. The van der Waals surface area contributed by atoms with E-state index in [-0.39, 0.29) is 11.1 Å². The van der Waals surface area contributed by atoms with Crippen LogP contribution in [-0.2, 0) is 18.0 Å². The highest BCUT2D eigenvalue weighted by Gasteiger charge is 2.25. The molecule has 0 atom stereocenters. The lowest BCUT2D eigenvalue weighted by Gasteiger charge is -2.07. The molecule has 0 spiro atoms. The molecule has 2 aromatic rings. The molecule has 3 rings (SSSR count). The van der Waals surface area contributed by atoms with Crippen LogP contribution in [0.5, 0.6) is 0 Å². The fraction of sp³-hybridized carbons (Fsp3) is 0.273. The highest BCUT2D eigenvalue weighted by molar-refractivity contribution is 9.10. The first-order valence-corrected chi connectivity index (χ1v) is 5.86. The Morgan fingerprint density at radius 2 is 2.12 bits per heavy atom. The van der Waals surface area contributed by atoms with Crippen molar-refractivity contribution in [3.05, 3.63) is 37.6 Å². The van der Waals surface area contributed by atoms with Gasteiger partial charge in [0.1, 0.15) is 11.3 Å². The molecule has 2 heterocycles. The zero-order valence-electron chi connectivity index (χ0n) is 8.93. The Balaban J connectivity index is 2.60. The summed E-state index contributed by atoms with van der Waals surface area (Å²) in [4.78, 5) is 18.5. The van der Waals surface area contributed by atoms with Gasteiger partial charge in [0.15, 0.2) is 5.82 Å². The summed E-state index contributed by atoms with van der Waals surface area (Å²) >= 11 is 3.19. The first-order chi connectivity index (χ1) is 8.09. The average Bonchev–Trinajstić information content (AvgIpc) is 2.73. The molecule has 0 amide bonds. The van der Waals surface area contributed by atoms with Crippen molar-refractivity contribution >= 4 is 26.8 Å². The normalized spacial score (nSPS) is 14.3. The van der Waals surface area contributed by atoms with Gasteiger partial charge >= 0.3 is 0 Å². The number of H-pyrrole nitrogens is 1. The van der Waals surface area contributed by atoms with Crippen molar-refractivity contribution in [2.45, 2.75) is 20.1 Å². The van der Waals surface area contributed by atoms with Gasteiger partial charge in [-0.15, -0.1) is 0 Å². The van der Waals surface area contributed by atoms with E-state index in [0.717, 1.165) is 5.56 Å². The first kappa shape index (κ1) is 10.9. The Morgan fingerprint density at radius 3 is 2.88 bits per heavy atom. The molecule has 1 aliphatic rings. The number of aryl methyl sites for hydroxylation is 1. The fourth-order valence-corrected chi connectivity index (χ4v) is 2.65. The van der Waals surface area contributed by atoms with E-state index in [0.29, 0.717) is 34.5 Å². The molecule has 0 saturated carbocycles. The van der Waals surface area contributed by atoms with Crippen LogP contribution >= 0.6 is 15.9 Å². The van der Waals surface area contributed by atoms with E-state index < -0.39 is 5.82 Å². The third kappa shape index (κ3) is 1.44. The van der Waals surface area contributed by atoms with E-state index in [2.05, 4.69) is 25.9 Å². The molecule has 88 valence electrons. The Bertz CT molecular complexity index is 696. The molecule has 0 radical (unpaired) electrons. The van der Waals surface area contributed by atoms with Crippen LogP contribution in [0.3, 0.4) is 0 Å². The van der Waals surface area contributed by atoms with E-state index in [1.54, 1.807) is 6.92 Å². The molecule has 0 saturated heterocycles. The molecular weight excluding hydrogens is 291 g/mol. The van der Waals surface area contributed by atoms with Crippen molar-refractivity contribution in [3.63, 3.8) is 0 Å². The third-order valence-corrected chi connectivity index (χ3v) is 3.69. The first-order valence-electron chi connectivity index (χ1n) is 5.06. The summed E-state index contributed by atoms with van der Waals surface area (Å²) in [6, 6.07) is 0. The van der Waals surface area contributed by atoms with E-state index in [4.69, 9.17) is 4.74 Å². The van der Waals surface area contributed by atoms with E-state index >= 15 is 0 Å². The van der Waals surface area contributed by atoms with Crippen molar-refractivity contribution in [1.82, 2.24) is 9.97 Å². The lowest BCUT2D eigenvalue weighted by atomic mass is 10.0. The number of hydrogen-bond donors (Lipinski definition) is 1. The monoisotopic (exact) mass is 298 g/mol. The highest BCUT2D eigenvalue weighted by Crippen LogP contribution is 2.35. The topological polar surface area (TPSA) is 55.0 Å². The fourth-order valence-electron chi connectivity index (χ4n) is 2.11. The van der Waals surface area contributed by atoms with Crippen LogP contribution in [0.4, 0.5) is 4.39 Å². The molecule has 0 aliphatic carbocycles. The molecule has 1 N–H and O–H groups in total. The Morgan fingerprint density at radius 1 is 1.41 bits per heavy atom.